The van der Waals surface area contributed by atoms with E-state index in [0.29, 0.717) is 12.8 Å². The Morgan fingerprint density at radius 3 is 2.50 bits per heavy atom. The second-order valence-electron chi connectivity index (χ2n) is 2.07. The maximum atomic E-state index is 11.2. The van der Waals surface area contributed by atoms with E-state index in [0.717, 1.165) is 0 Å². The van der Waals surface area contributed by atoms with E-state index in [2.05, 4.69) is 13.2 Å². The third-order valence-electron chi connectivity index (χ3n) is 0.926. The second kappa shape index (κ2) is 4.48. The quantitative estimate of drug-likeness (QED) is 0.455. The molecule has 0 saturated heterocycles. The van der Waals surface area contributed by atoms with E-state index in [1.165, 1.54) is 0 Å². The van der Waals surface area contributed by atoms with Crippen LogP contribution in [-0.2, 0) is 9.09 Å². The average molecular weight is 160 g/mol. The molecule has 3 heteroatoms. The van der Waals surface area contributed by atoms with Crippen LogP contribution in [0.3, 0.4) is 0 Å². The van der Waals surface area contributed by atoms with Crippen LogP contribution >= 0.6 is 7.37 Å². The molecule has 1 atom stereocenters. The van der Waals surface area contributed by atoms with Crippen molar-refractivity contribution in [3.63, 3.8) is 0 Å². The summed E-state index contributed by atoms with van der Waals surface area (Å²) in [4.78, 5) is 0. The van der Waals surface area contributed by atoms with E-state index in [1.807, 2.05) is 0 Å². The molecule has 0 N–H and O–H groups in total. The first kappa shape index (κ1) is 9.67. The average Bonchev–Trinajstić information content (AvgIpc) is 1.84. The van der Waals surface area contributed by atoms with Gasteiger partial charge in [0.1, 0.15) is 0 Å². The molecule has 0 amide bonds. The number of allylic oxidation sites excluding steroid dienone is 1. The first-order chi connectivity index (χ1) is 4.62. The standard InChI is InChI=1S/C7H13O2P/c1-4-6-9-10(3,8)7-5-2/h4-5H,1-2,6-7H2,3H3. The molecule has 1 unspecified atom stereocenters. The van der Waals surface area contributed by atoms with Crippen LogP contribution in [0.25, 0.3) is 0 Å². The Balaban J connectivity index is 3.74. The lowest BCUT2D eigenvalue weighted by Crippen LogP contribution is -1.90. The van der Waals surface area contributed by atoms with Gasteiger partial charge in [0.15, 0.2) is 0 Å². The SMILES string of the molecule is C=CCOP(C)(=O)CC=C. The molecule has 0 aliphatic heterocycles. The highest BCUT2D eigenvalue weighted by Gasteiger charge is 2.11. The Bertz CT molecular complexity index is 163. The van der Waals surface area contributed by atoms with Crippen molar-refractivity contribution in [2.45, 2.75) is 0 Å². The van der Waals surface area contributed by atoms with Crippen molar-refractivity contribution in [2.24, 2.45) is 0 Å². The van der Waals surface area contributed by atoms with E-state index < -0.39 is 7.37 Å². The van der Waals surface area contributed by atoms with Crippen molar-refractivity contribution in [1.82, 2.24) is 0 Å². The van der Waals surface area contributed by atoms with Gasteiger partial charge in [-0.1, -0.05) is 12.2 Å². The molecule has 2 nitrogen and oxygen atoms in total. The smallest absolute Gasteiger partial charge is 0.204 e. The fourth-order valence-electron chi connectivity index (χ4n) is 0.498. The van der Waals surface area contributed by atoms with E-state index in [4.69, 9.17) is 4.52 Å². The summed E-state index contributed by atoms with van der Waals surface area (Å²) in [7, 11) is -2.40. The van der Waals surface area contributed by atoms with Gasteiger partial charge in [-0.15, -0.1) is 13.2 Å². The van der Waals surface area contributed by atoms with E-state index in [9.17, 15) is 4.57 Å². The molecule has 0 fully saturated rings. The molecule has 0 aromatic heterocycles. The minimum atomic E-state index is -2.40. The van der Waals surface area contributed by atoms with Crippen molar-refractivity contribution in [2.75, 3.05) is 19.4 Å². The zero-order valence-electron chi connectivity index (χ0n) is 6.25. The molecule has 0 rings (SSSR count). The number of hydrogen-bond donors (Lipinski definition) is 0. The molecule has 0 saturated carbocycles. The maximum absolute atomic E-state index is 11.2. The van der Waals surface area contributed by atoms with Gasteiger partial charge in [-0.25, -0.2) is 0 Å². The lowest BCUT2D eigenvalue weighted by atomic mass is 10.7. The predicted molar refractivity (Wildman–Crippen MR) is 44.7 cm³/mol. The van der Waals surface area contributed by atoms with Gasteiger partial charge in [0.25, 0.3) is 0 Å². The number of hydrogen-bond acceptors (Lipinski definition) is 2. The van der Waals surface area contributed by atoms with Gasteiger partial charge in [0, 0.05) is 12.8 Å². The highest BCUT2D eigenvalue weighted by atomic mass is 31.2. The highest BCUT2D eigenvalue weighted by molar-refractivity contribution is 7.58. The summed E-state index contributed by atoms with van der Waals surface area (Å²) >= 11 is 0. The maximum Gasteiger partial charge on any atom is 0.204 e. The van der Waals surface area contributed by atoms with E-state index in [1.54, 1.807) is 18.8 Å². The van der Waals surface area contributed by atoms with Gasteiger partial charge in [0.05, 0.1) is 6.61 Å². The molecular weight excluding hydrogens is 147 g/mol. The van der Waals surface area contributed by atoms with Crippen LogP contribution < -0.4 is 0 Å². The largest absolute Gasteiger partial charge is 0.324 e. The summed E-state index contributed by atoms with van der Waals surface area (Å²) in [5, 5.41) is 0. The zero-order chi connectivity index (χ0) is 8.04. The predicted octanol–water partition coefficient (Wildman–Crippen LogP) is 2.28. The Morgan fingerprint density at radius 1 is 1.50 bits per heavy atom. The molecule has 0 aliphatic carbocycles. The third-order valence-corrected chi connectivity index (χ3v) is 2.54. The van der Waals surface area contributed by atoms with Crippen LogP contribution in [0.1, 0.15) is 0 Å². The van der Waals surface area contributed by atoms with Crippen LogP contribution in [-0.4, -0.2) is 19.4 Å². The minimum absolute atomic E-state index is 0.349. The van der Waals surface area contributed by atoms with Crippen LogP contribution in [0, 0.1) is 0 Å². The minimum Gasteiger partial charge on any atom is -0.324 e. The Hall–Kier alpha value is -0.330. The van der Waals surface area contributed by atoms with Crippen molar-refractivity contribution in [3.8, 4) is 0 Å². The van der Waals surface area contributed by atoms with Gasteiger partial charge >= 0.3 is 0 Å². The lowest BCUT2D eigenvalue weighted by Gasteiger charge is -2.08. The molecule has 0 bridgehead atoms. The van der Waals surface area contributed by atoms with Gasteiger partial charge in [-0.2, -0.15) is 0 Å². The van der Waals surface area contributed by atoms with Gasteiger partial charge in [-0.3, -0.25) is 4.57 Å². The summed E-state index contributed by atoms with van der Waals surface area (Å²) in [5.74, 6) is 0. The van der Waals surface area contributed by atoms with Crippen LogP contribution in [0.5, 0.6) is 0 Å². The third kappa shape index (κ3) is 4.54. The molecule has 0 aliphatic rings. The topological polar surface area (TPSA) is 26.3 Å². The Kier molecular flexibility index (Phi) is 4.33. The Morgan fingerprint density at radius 2 is 2.10 bits per heavy atom. The zero-order valence-corrected chi connectivity index (χ0v) is 7.14. The molecule has 58 valence electrons. The number of rotatable bonds is 5. The summed E-state index contributed by atoms with van der Waals surface area (Å²) in [5.41, 5.74) is 0. The van der Waals surface area contributed by atoms with Crippen molar-refractivity contribution in [1.29, 1.82) is 0 Å². The van der Waals surface area contributed by atoms with Crippen LogP contribution in [0.2, 0.25) is 0 Å². The van der Waals surface area contributed by atoms with Gasteiger partial charge < -0.3 is 4.52 Å². The molecule has 0 heterocycles. The summed E-state index contributed by atoms with van der Waals surface area (Å²) in [6, 6.07) is 0. The fraction of sp³-hybridized carbons (Fsp3) is 0.429. The molecule has 10 heavy (non-hydrogen) atoms. The fourth-order valence-corrected chi connectivity index (χ4v) is 1.49. The monoisotopic (exact) mass is 160 g/mol. The van der Waals surface area contributed by atoms with Gasteiger partial charge in [0.2, 0.25) is 7.37 Å². The van der Waals surface area contributed by atoms with E-state index >= 15 is 0 Å². The highest BCUT2D eigenvalue weighted by Crippen LogP contribution is 2.41. The first-order valence-corrected chi connectivity index (χ1v) is 5.31. The van der Waals surface area contributed by atoms with Crippen molar-refractivity contribution >= 4 is 7.37 Å². The molecule has 0 radical (unpaired) electrons. The molecule has 0 spiro atoms. The first-order valence-electron chi connectivity index (χ1n) is 3.05. The Labute approximate surface area is 62.0 Å². The van der Waals surface area contributed by atoms with Crippen LogP contribution in [0.15, 0.2) is 25.3 Å². The summed E-state index contributed by atoms with van der Waals surface area (Å²) < 4.78 is 16.2. The normalized spacial score (nSPS) is 15.7. The summed E-state index contributed by atoms with van der Waals surface area (Å²) in [6.07, 6.45) is 3.62. The van der Waals surface area contributed by atoms with E-state index in [-0.39, 0.29) is 0 Å². The summed E-state index contributed by atoms with van der Waals surface area (Å²) in [6.45, 7) is 8.87. The van der Waals surface area contributed by atoms with Gasteiger partial charge in [-0.05, 0) is 0 Å². The second-order valence-corrected chi connectivity index (χ2v) is 4.72. The molecule has 0 aromatic rings. The lowest BCUT2D eigenvalue weighted by molar-refractivity contribution is 0.359. The van der Waals surface area contributed by atoms with Crippen molar-refractivity contribution in [3.05, 3.63) is 25.3 Å². The molecule has 0 aromatic carbocycles. The van der Waals surface area contributed by atoms with Crippen LogP contribution in [0.4, 0.5) is 0 Å². The molecular formula is C7H13O2P. The van der Waals surface area contributed by atoms with Crippen molar-refractivity contribution < 1.29 is 9.09 Å².